The minimum Gasteiger partial charge on any atom is -0.372 e. The summed E-state index contributed by atoms with van der Waals surface area (Å²) in [7, 11) is 0. The fourth-order valence-corrected chi connectivity index (χ4v) is 0.882. The number of carbonyl (C=O) groups excluding carboxylic acids is 2. The molecule has 2 N–H and O–H groups in total. The SMILES string of the molecule is CC(=O)NCCNC(=O)CCOCC(F)(F)F. The second-order valence-electron chi connectivity index (χ2n) is 3.25. The standard InChI is InChI=1S/C9H15F3N2O3/c1-7(15)13-3-4-14-8(16)2-5-17-6-9(10,11)12/h2-6H2,1H3,(H,13,15)(H,14,16). The molecule has 0 aliphatic heterocycles. The Morgan fingerprint density at radius 2 is 1.76 bits per heavy atom. The molecule has 0 aromatic carbocycles. The Kier molecular flexibility index (Phi) is 7.27. The third-order valence-electron chi connectivity index (χ3n) is 1.56. The maximum atomic E-state index is 11.6. The molecule has 0 atom stereocenters. The van der Waals surface area contributed by atoms with E-state index in [-0.39, 0.29) is 32.0 Å². The second-order valence-corrected chi connectivity index (χ2v) is 3.25. The monoisotopic (exact) mass is 256 g/mol. The molecule has 0 fully saturated rings. The number of ether oxygens (including phenoxy) is 1. The summed E-state index contributed by atoms with van der Waals surface area (Å²) in [5.74, 6) is -0.634. The average molecular weight is 256 g/mol. The van der Waals surface area contributed by atoms with E-state index in [1.54, 1.807) is 0 Å². The van der Waals surface area contributed by atoms with Crippen molar-refractivity contribution < 1.29 is 27.5 Å². The van der Waals surface area contributed by atoms with E-state index < -0.39 is 18.7 Å². The van der Waals surface area contributed by atoms with Gasteiger partial charge in [0, 0.05) is 26.4 Å². The van der Waals surface area contributed by atoms with Crippen molar-refractivity contribution >= 4 is 11.8 Å². The highest BCUT2D eigenvalue weighted by atomic mass is 19.4. The summed E-state index contributed by atoms with van der Waals surface area (Å²) in [5, 5.41) is 4.88. The normalized spacial score (nSPS) is 11.1. The molecule has 0 radical (unpaired) electrons. The van der Waals surface area contributed by atoms with Crippen LogP contribution in [0.4, 0.5) is 13.2 Å². The predicted molar refractivity (Wildman–Crippen MR) is 53.2 cm³/mol. The second kappa shape index (κ2) is 7.88. The zero-order valence-electron chi connectivity index (χ0n) is 9.39. The lowest BCUT2D eigenvalue weighted by Crippen LogP contribution is -2.34. The van der Waals surface area contributed by atoms with E-state index in [0.717, 1.165) is 0 Å². The maximum absolute atomic E-state index is 11.6. The largest absolute Gasteiger partial charge is 0.411 e. The summed E-state index contributed by atoms with van der Waals surface area (Å²) in [6, 6.07) is 0. The maximum Gasteiger partial charge on any atom is 0.411 e. The van der Waals surface area contributed by atoms with Crippen molar-refractivity contribution in [2.45, 2.75) is 19.5 Å². The number of hydrogen-bond donors (Lipinski definition) is 2. The zero-order chi connectivity index (χ0) is 13.3. The first-order valence-corrected chi connectivity index (χ1v) is 4.97. The van der Waals surface area contributed by atoms with Gasteiger partial charge in [-0.05, 0) is 0 Å². The fraction of sp³-hybridized carbons (Fsp3) is 0.778. The van der Waals surface area contributed by atoms with E-state index in [9.17, 15) is 22.8 Å². The van der Waals surface area contributed by atoms with Crippen molar-refractivity contribution in [1.82, 2.24) is 10.6 Å². The van der Waals surface area contributed by atoms with Gasteiger partial charge in [-0.2, -0.15) is 13.2 Å². The summed E-state index contributed by atoms with van der Waals surface area (Å²) in [6.07, 6.45) is -4.52. The third kappa shape index (κ3) is 12.6. The van der Waals surface area contributed by atoms with Gasteiger partial charge in [0.2, 0.25) is 11.8 Å². The van der Waals surface area contributed by atoms with E-state index in [1.165, 1.54) is 6.92 Å². The number of nitrogens with one attached hydrogen (secondary N) is 2. The highest BCUT2D eigenvalue weighted by Crippen LogP contribution is 2.14. The van der Waals surface area contributed by atoms with Crippen LogP contribution in [0.1, 0.15) is 13.3 Å². The van der Waals surface area contributed by atoms with Gasteiger partial charge in [-0.25, -0.2) is 0 Å². The smallest absolute Gasteiger partial charge is 0.372 e. The summed E-state index contributed by atoms with van der Waals surface area (Å²) in [6.45, 7) is 0.215. The molecule has 0 bridgehead atoms. The van der Waals surface area contributed by atoms with Crippen LogP contribution >= 0.6 is 0 Å². The Morgan fingerprint density at radius 1 is 1.18 bits per heavy atom. The van der Waals surface area contributed by atoms with Crippen molar-refractivity contribution in [3.8, 4) is 0 Å². The molecule has 2 amide bonds. The molecule has 17 heavy (non-hydrogen) atoms. The molecular formula is C9H15F3N2O3. The van der Waals surface area contributed by atoms with Crippen LogP contribution < -0.4 is 10.6 Å². The Labute approximate surface area is 96.7 Å². The molecule has 5 nitrogen and oxygen atoms in total. The zero-order valence-corrected chi connectivity index (χ0v) is 9.39. The molecule has 8 heteroatoms. The third-order valence-corrected chi connectivity index (χ3v) is 1.56. The molecule has 100 valence electrons. The Morgan fingerprint density at radius 3 is 2.29 bits per heavy atom. The van der Waals surface area contributed by atoms with Crippen molar-refractivity contribution in [2.75, 3.05) is 26.3 Å². The Balaban J connectivity index is 3.38. The first kappa shape index (κ1) is 15.7. The number of rotatable bonds is 7. The minimum atomic E-state index is -4.37. The van der Waals surface area contributed by atoms with E-state index in [1.807, 2.05) is 0 Å². The molecule has 0 aromatic rings. The van der Waals surface area contributed by atoms with Gasteiger partial charge in [-0.15, -0.1) is 0 Å². The van der Waals surface area contributed by atoms with Gasteiger partial charge < -0.3 is 15.4 Å². The Hall–Kier alpha value is -1.31. The highest BCUT2D eigenvalue weighted by molar-refractivity contribution is 5.76. The van der Waals surface area contributed by atoms with Crippen LogP contribution in [0.15, 0.2) is 0 Å². The minimum absolute atomic E-state index is 0.143. The van der Waals surface area contributed by atoms with Gasteiger partial charge in [0.15, 0.2) is 0 Å². The first-order valence-electron chi connectivity index (χ1n) is 4.97. The van der Waals surface area contributed by atoms with E-state index >= 15 is 0 Å². The van der Waals surface area contributed by atoms with Gasteiger partial charge in [0.25, 0.3) is 0 Å². The highest BCUT2D eigenvalue weighted by Gasteiger charge is 2.27. The van der Waals surface area contributed by atoms with Crippen LogP contribution in [-0.2, 0) is 14.3 Å². The Bertz CT molecular complexity index is 256. The number of amides is 2. The van der Waals surface area contributed by atoms with E-state index in [0.29, 0.717) is 0 Å². The molecule has 0 aliphatic carbocycles. The van der Waals surface area contributed by atoms with Crippen LogP contribution in [0.5, 0.6) is 0 Å². The number of hydrogen-bond acceptors (Lipinski definition) is 3. The predicted octanol–water partition coefficient (Wildman–Crippen LogP) is 0.208. The van der Waals surface area contributed by atoms with Gasteiger partial charge >= 0.3 is 6.18 Å². The first-order chi connectivity index (χ1) is 7.81. The van der Waals surface area contributed by atoms with Crippen molar-refractivity contribution in [2.24, 2.45) is 0 Å². The quantitative estimate of drug-likeness (QED) is 0.640. The molecule has 0 aliphatic rings. The number of carbonyl (C=O) groups is 2. The van der Waals surface area contributed by atoms with Crippen LogP contribution in [0, 0.1) is 0 Å². The van der Waals surface area contributed by atoms with Crippen molar-refractivity contribution in [3.63, 3.8) is 0 Å². The van der Waals surface area contributed by atoms with Gasteiger partial charge in [-0.1, -0.05) is 0 Å². The van der Waals surface area contributed by atoms with Crippen LogP contribution in [0.3, 0.4) is 0 Å². The fourth-order valence-electron chi connectivity index (χ4n) is 0.882. The molecule has 0 aromatic heterocycles. The lowest BCUT2D eigenvalue weighted by atomic mass is 10.4. The molecule has 0 saturated carbocycles. The number of halogens is 3. The molecule has 0 unspecified atom stereocenters. The van der Waals surface area contributed by atoms with Crippen LogP contribution in [-0.4, -0.2) is 44.3 Å². The van der Waals surface area contributed by atoms with Gasteiger partial charge in [-0.3, -0.25) is 9.59 Å². The molecule has 0 heterocycles. The van der Waals surface area contributed by atoms with Gasteiger partial charge in [0.1, 0.15) is 6.61 Å². The average Bonchev–Trinajstić information content (AvgIpc) is 2.18. The molecular weight excluding hydrogens is 241 g/mol. The lowest BCUT2D eigenvalue weighted by Gasteiger charge is -2.08. The van der Waals surface area contributed by atoms with E-state index in [2.05, 4.69) is 15.4 Å². The van der Waals surface area contributed by atoms with E-state index in [4.69, 9.17) is 0 Å². The summed E-state index contributed by atoms with van der Waals surface area (Å²) >= 11 is 0. The van der Waals surface area contributed by atoms with Crippen molar-refractivity contribution in [1.29, 1.82) is 0 Å². The molecule has 0 saturated heterocycles. The van der Waals surface area contributed by atoms with Crippen molar-refractivity contribution in [3.05, 3.63) is 0 Å². The number of alkyl halides is 3. The van der Waals surface area contributed by atoms with Crippen LogP contribution in [0.25, 0.3) is 0 Å². The summed E-state index contributed by atoms with van der Waals surface area (Å²) in [5.41, 5.74) is 0. The molecule has 0 spiro atoms. The topological polar surface area (TPSA) is 67.4 Å². The summed E-state index contributed by atoms with van der Waals surface area (Å²) < 4.78 is 39.2. The molecule has 0 rings (SSSR count). The lowest BCUT2D eigenvalue weighted by molar-refractivity contribution is -0.174. The van der Waals surface area contributed by atoms with Crippen LogP contribution in [0.2, 0.25) is 0 Å². The van der Waals surface area contributed by atoms with Gasteiger partial charge in [0.05, 0.1) is 6.61 Å². The summed E-state index contributed by atoms with van der Waals surface area (Å²) in [4.78, 5) is 21.5.